The van der Waals surface area contributed by atoms with E-state index in [1.165, 1.54) is 48.1 Å². The first-order valence-electron chi connectivity index (χ1n) is 15.3. The Morgan fingerprint density at radius 3 is 1.74 bits per heavy atom. The van der Waals surface area contributed by atoms with Crippen LogP contribution in [0, 0.1) is 0 Å². The van der Waals surface area contributed by atoms with Gasteiger partial charge in [0.15, 0.2) is 14.6 Å². The fourth-order valence-corrected chi connectivity index (χ4v) is 17.5. The summed E-state index contributed by atoms with van der Waals surface area (Å²) in [5, 5.41) is 18.6. The van der Waals surface area contributed by atoms with E-state index in [4.69, 9.17) is 0 Å². The number of carbonyl (C=O) groups excluding carboxylic acids is 4. The van der Waals surface area contributed by atoms with Crippen LogP contribution in [0.5, 0.6) is 0 Å². The highest BCUT2D eigenvalue weighted by Gasteiger charge is 2.87. The van der Waals surface area contributed by atoms with Gasteiger partial charge in [-0.05, 0) is 47.9 Å². The Kier molecular flexibility index (Phi) is 4.99. The highest BCUT2D eigenvalue weighted by atomic mass is 33.1. The number of fused-ring (bicyclic) bond motifs is 11. The van der Waals surface area contributed by atoms with Crippen molar-refractivity contribution in [1.82, 2.24) is 19.6 Å². The van der Waals surface area contributed by atoms with E-state index >= 15 is 0 Å². The van der Waals surface area contributed by atoms with Crippen molar-refractivity contribution in [3.63, 3.8) is 0 Å². The number of rotatable bonds is 2. The van der Waals surface area contributed by atoms with Crippen molar-refractivity contribution in [3.8, 4) is 0 Å². The second-order valence-corrected chi connectivity index (χ2v) is 19.3. The first kappa shape index (κ1) is 28.3. The van der Waals surface area contributed by atoms with Crippen LogP contribution < -0.4 is 10.6 Å². The second kappa shape index (κ2) is 8.11. The number of nitrogens with zero attached hydrogens (tertiary/aromatic N) is 4. The van der Waals surface area contributed by atoms with E-state index in [2.05, 4.69) is 22.8 Å². The molecule has 10 aliphatic rings. The van der Waals surface area contributed by atoms with Gasteiger partial charge < -0.3 is 25.5 Å². The van der Waals surface area contributed by atoms with Gasteiger partial charge in [-0.25, -0.2) is 0 Å². The summed E-state index contributed by atoms with van der Waals surface area (Å²) in [4.78, 5) is 60.3. The number of hydrogen-bond donors (Lipinski definition) is 3. The van der Waals surface area contributed by atoms with Crippen molar-refractivity contribution in [2.45, 2.75) is 75.4 Å². The highest BCUT2D eigenvalue weighted by molar-refractivity contribution is 8.78. The number of nitrogens with one attached hydrogen (secondary N) is 2. The maximum absolute atomic E-state index is 14.9. The van der Waals surface area contributed by atoms with Gasteiger partial charge in [0.1, 0.15) is 12.3 Å². The predicted molar refractivity (Wildman–Crippen MR) is 178 cm³/mol. The summed E-state index contributed by atoms with van der Waals surface area (Å²) in [6.45, 7) is 3.38. The Hall–Kier alpha value is -2.72. The van der Waals surface area contributed by atoms with Crippen LogP contribution in [0.25, 0.3) is 0 Å². The van der Waals surface area contributed by atoms with Crippen LogP contribution in [0.15, 0.2) is 48.5 Å². The zero-order valence-corrected chi connectivity index (χ0v) is 28.5. The Balaban J connectivity index is 1.30. The molecule has 0 aliphatic carbocycles. The number of para-hydroxylation sites is 2. The quantitative estimate of drug-likeness (QED) is 0.402. The molecule has 0 saturated carbocycles. The molecule has 10 aliphatic heterocycles. The fraction of sp³-hybridized carbons (Fsp3) is 0.484. The molecule has 9 unspecified atom stereocenters. The molecule has 238 valence electrons. The minimum Gasteiger partial charge on any atom is -0.389 e. The van der Waals surface area contributed by atoms with Crippen LogP contribution in [-0.2, 0) is 30.0 Å². The van der Waals surface area contributed by atoms with E-state index in [1.807, 2.05) is 48.2 Å². The maximum atomic E-state index is 14.9. The van der Waals surface area contributed by atoms with Gasteiger partial charge in [0.25, 0.3) is 23.6 Å². The van der Waals surface area contributed by atoms with Crippen LogP contribution in [0.3, 0.4) is 0 Å². The third kappa shape index (κ3) is 2.48. The Morgan fingerprint density at radius 2 is 1.20 bits per heavy atom. The van der Waals surface area contributed by atoms with Crippen molar-refractivity contribution in [3.05, 3.63) is 59.7 Å². The molecule has 8 saturated heterocycles. The lowest BCUT2D eigenvalue weighted by Gasteiger charge is -2.59. The van der Waals surface area contributed by atoms with E-state index in [9.17, 15) is 24.3 Å². The standard InChI is InChI=1S/C31H30N6O5S4/c1-15(38)31-25(42)37-21-28(17-10-6-8-12-19(17)33-21,14-30(37,45-46-31)24(41)35(31)4)27-13-29-23(40)34(3)26(2,43-44-29)22(39)36(29)20(27)32-18-11-7-5-9-16(18)27/h5-12,15,20-21,32-33,38H,13-14H2,1-4H3. The molecule has 46 heavy (non-hydrogen) atoms. The van der Waals surface area contributed by atoms with E-state index in [0.29, 0.717) is 6.42 Å². The van der Waals surface area contributed by atoms with Gasteiger partial charge in [0.05, 0.1) is 16.9 Å². The molecule has 10 heterocycles. The third-order valence-corrected chi connectivity index (χ3v) is 19.7. The smallest absolute Gasteiger partial charge is 0.265 e. The molecule has 2 aromatic carbocycles. The van der Waals surface area contributed by atoms with Gasteiger partial charge in [-0.3, -0.25) is 29.0 Å². The maximum Gasteiger partial charge on any atom is 0.265 e. The predicted octanol–water partition coefficient (Wildman–Crippen LogP) is 2.75. The normalized spacial score (nSPS) is 44.5. The van der Waals surface area contributed by atoms with Gasteiger partial charge in [0.2, 0.25) is 4.87 Å². The zero-order chi connectivity index (χ0) is 32.0. The van der Waals surface area contributed by atoms with Crippen LogP contribution in [0.2, 0.25) is 0 Å². The summed E-state index contributed by atoms with van der Waals surface area (Å²) < 4.78 is 0. The van der Waals surface area contributed by atoms with E-state index in [-0.39, 0.29) is 30.0 Å². The van der Waals surface area contributed by atoms with Crippen molar-refractivity contribution >= 4 is 78.2 Å². The lowest BCUT2D eigenvalue weighted by molar-refractivity contribution is -0.169. The molecule has 0 radical (unpaired) electrons. The molecule has 11 nitrogen and oxygen atoms in total. The van der Waals surface area contributed by atoms with Gasteiger partial charge in [0, 0.05) is 38.3 Å². The van der Waals surface area contributed by atoms with Crippen LogP contribution in [-0.4, -0.2) is 100 Å². The molecule has 4 bridgehead atoms. The van der Waals surface area contributed by atoms with Gasteiger partial charge >= 0.3 is 0 Å². The first-order chi connectivity index (χ1) is 21.9. The third-order valence-electron chi connectivity index (χ3n) is 12.2. The number of anilines is 2. The van der Waals surface area contributed by atoms with Crippen LogP contribution in [0.1, 0.15) is 37.8 Å². The fourth-order valence-electron chi connectivity index (χ4n) is 10.1. The Bertz CT molecular complexity index is 1880. The number of carbonyl (C=O) groups is 4. The molecular weight excluding hydrogens is 665 g/mol. The van der Waals surface area contributed by atoms with Crippen LogP contribution in [0.4, 0.5) is 11.4 Å². The van der Waals surface area contributed by atoms with Crippen molar-refractivity contribution in [1.29, 1.82) is 0 Å². The molecule has 8 fully saturated rings. The average Bonchev–Trinajstić information content (AvgIpc) is 3.72. The molecule has 12 rings (SSSR count). The van der Waals surface area contributed by atoms with Crippen molar-refractivity contribution < 1.29 is 24.3 Å². The number of hydrogen-bond acceptors (Lipinski definition) is 11. The number of amides is 4. The van der Waals surface area contributed by atoms with Crippen molar-refractivity contribution in [2.75, 3.05) is 24.7 Å². The topological polar surface area (TPSA) is 126 Å². The molecular formula is C31H30N6O5S4. The molecule has 4 amide bonds. The highest BCUT2D eigenvalue weighted by Crippen LogP contribution is 2.78. The molecule has 9 atom stereocenters. The number of aliphatic hydroxyl groups is 1. The first-order valence-corrected chi connectivity index (χ1v) is 19.6. The lowest BCUT2D eigenvalue weighted by atomic mass is 9.54. The number of piperazine rings is 2. The van der Waals surface area contributed by atoms with E-state index in [1.54, 1.807) is 30.8 Å². The lowest BCUT2D eigenvalue weighted by Crippen LogP contribution is -2.78. The molecule has 2 aromatic rings. The minimum absolute atomic E-state index is 0.113. The zero-order valence-electron chi connectivity index (χ0n) is 25.3. The largest absolute Gasteiger partial charge is 0.389 e. The summed E-state index contributed by atoms with van der Waals surface area (Å²) in [7, 11) is 8.84. The Morgan fingerprint density at radius 1 is 0.717 bits per heavy atom. The van der Waals surface area contributed by atoms with E-state index in [0.717, 1.165) is 22.5 Å². The van der Waals surface area contributed by atoms with Gasteiger partial charge in [-0.2, -0.15) is 0 Å². The summed E-state index contributed by atoms with van der Waals surface area (Å²) in [6, 6.07) is 16.0. The Labute approximate surface area is 280 Å². The molecule has 2 spiro atoms. The molecule has 0 aromatic heterocycles. The van der Waals surface area contributed by atoms with Gasteiger partial charge in [-0.15, -0.1) is 0 Å². The summed E-state index contributed by atoms with van der Waals surface area (Å²) >= 11 is 0. The molecule has 15 heteroatoms. The average molecular weight is 695 g/mol. The SMILES string of the molecule is CC(O)C12SSC3(CC4(C56CC78SSC(C)(C(=O)N7C5Nc5ccccc56)N(C)C8=O)c5ccccc5NC4N3C1=O)C(=O)N2C. The van der Waals surface area contributed by atoms with Gasteiger partial charge in [-0.1, -0.05) is 68.8 Å². The summed E-state index contributed by atoms with van der Waals surface area (Å²) in [6.07, 6.45) is -1.88. The van der Waals surface area contributed by atoms with E-state index < -0.39 is 48.7 Å². The second-order valence-electron chi connectivity index (χ2n) is 13.8. The van der Waals surface area contributed by atoms with Crippen LogP contribution >= 0.6 is 43.2 Å². The summed E-state index contributed by atoms with van der Waals surface area (Å²) in [5.74, 6) is -0.779. The molecule has 3 N–H and O–H groups in total. The monoisotopic (exact) mass is 694 g/mol. The van der Waals surface area contributed by atoms with Crippen molar-refractivity contribution in [2.24, 2.45) is 0 Å². The minimum atomic E-state index is -1.49. The number of likely N-dealkylation sites (N-methyl/N-ethyl adjacent to an activating group) is 2. The number of aliphatic hydroxyl groups excluding tert-OH is 1. The number of benzene rings is 2. The summed E-state index contributed by atoms with van der Waals surface area (Å²) in [5.41, 5.74) is 1.77.